The number of hydrogen-bond acceptors (Lipinski definition) is 3. The third-order valence-electron chi connectivity index (χ3n) is 5.69. The second-order valence-corrected chi connectivity index (χ2v) is 8.25. The van der Waals surface area contributed by atoms with Crippen LogP contribution in [0.5, 0.6) is 0 Å². The summed E-state index contributed by atoms with van der Waals surface area (Å²) in [7, 11) is 0. The fraction of sp³-hybridized carbons (Fsp3) is 0.192. The highest BCUT2D eigenvalue weighted by Gasteiger charge is 2.30. The van der Waals surface area contributed by atoms with Crippen LogP contribution in [-0.4, -0.2) is 17.7 Å². The lowest BCUT2D eigenvalue weighted by Crippen LogP contribution is -2.30. The molecular formula is C26H22F3N3O3. The van der Waals surface area contributed by atoms with Crippen LogP contribution in [0.25, 0.3) is 0 Å². The Balaban J connectivity index is 1.34. The number of nitrogens with one attached hydrogen (secondary N) is 3. The molecular weight excluding hydrogens is 459 g/mol. The van der Waals surface area contributed by atoms with Crippen LogP contribution in [0.1, 0.15) is 34.3 Å². The molecule has 9 heteroatoms. The lowest BCUT2D eigenvalue weighted by Gasteiger charge is -2.24. The van der Waals surface area contributed by atoms with Crippen LogP contribution in [0.2, 0.25) is 0 Å². The summed E-state index contributed by atoms with van der Waals surface area (Å²) in [6.45, 7) is 0. The smallest absolute Gasteiger partial charge is 0.326 e. The Bertz CT molecular complexity index is 1270. The minimum atomic E-state index is -4.52. The molecule has 4 rings (SSSR count). The number of rotatable bonds is 6. The van der Waals surface area contributed by atoms with Gasteiger partial charge in [0.25, 0.3) is 5.91 Å². The zero-order valence-electron chi connectivity index (χ0n) is 18.5. The fourth-order valence-corrected chi connectivity index (χ4v) is 3.89. The largest absolute Gasteiger partial charge is 0.416 e. The van der Waals surface area contributed by atoms with Crippen molar-refractivity contribution in [2.24, 2.45) is 5.92 Å². The molecule has 0 aromatic heterocycles. The van der Waals surface area contributed by atoms with Gasteiger partial charge in [0.15, 0.2) is 0 Å². The Kier molecular flexibility index (Phi) is 6.86. The summed E-state index contributed by atoms with van der Waals surface area (Å²) in [4.78, 5) is 37.3. The Morgan fingerprint density at radius 3 is 2.40 bits per heavy atom. The van der Waals surface area contributed by atoms with E-state index < -0.39 is 17.6 Å². The number of carbonyl (C=O) groups excluding carboxylic acids is 3. The number of para-hydroxylation sites is 1. The SMILES string of the molecule is O=C(CC[C@H]1Cc2ccccc2NC1=O)Nc1cccc(C(=O)Nc2cccc(C(F)(F)F)c2)c1. The van der Waals surface area contributed by atoms with E-state index in [4.69, 9.17) is 0 Å². The molecule has 35 heavy (non-hydrogen) atoms. The highest BCUT2D eigenvalue weighted by molar-refractivity contribution is 6.05. The zero-order valence-corrected chi connectivity index (χ0v) is 18.5. The van der Waals surface area contributed by atoms with Crippen molar-refractivity contribution >= 4 is 34.8 Å². The molecule has 0 saturated carbocycles. The van der Waals surface area contributed by atoms with Gasteiger partial charge in [0.05, 0.1) is 5.56 Å². The van der Waals surface area contributed by atoms with E-state index >= 15 is 0 Å². The number of anilines is 3. The second kappa shape index (κ2) is 10.0. The van der Waals surface area contributed by atoms with Gasteiger partial charge in [-0.1, -0.05) is 30.3 Å². The molecule has 0 bridgehead atoms. The van der Waals surface area contributed by atoms with Crippen molar-refractivity contribution in [3.63, 3.8) is 0 Å². The molecule has 1 aliphatic heterocycles. The van der Waals surface area contributed by atoms with Crippen molar-refractivity contribution in [3.8, 4) is 0 Å². The predicted octanol–water partition coefficient (Wildman–Crippen LogP) is 5.49. The lowest BCUT2D eigenvalue weighted by atomic mass is 9.89. The number of alkyl halides is 3. The van der Waals surface area contributed by atoms with E-state index in [9.17, 15) is 27.6 Å². The molecule has 0 radical (unpaired) electrons. The van der Waals surface area contributed by atoms with E-state index in [-0.39, 0.29) is 35.4 Å². The third kappa shape index (κ3) is 6.06. The Hall–Kier alpha value is -4.14. The van der Waals surface area contributed by atoms with Gasteiger partial charge in [0, 0.05) is 35.0 Å². The quantitative estimate of drug-likeness (QED) is 0.435. The summed E-state index contributed by atoms with van der Waals surface area (Å²) in [5.74, 6) is -1.37. The normalized spacial score (nSPS) is 15.1. The van der Waals surface area contributed by atoms with Gasteiger partial charge in [-0.25, -0.2) is 0 Å². The molecule has 1 atom stereocenters. The molecule has 1 aliphatic rings. The third-order valence-corrected chi connectivity index (χ3v) is 5.69. The van der Waals surface area contributed by atoms with E-state index in [1.165, 1.54) is 24.3 Å². The Labute approximate surface area is 199 Å². The van der Waals surface area contributed by atoms with Crippen molar-refractivity contribution < 1.29 is 27.6 Å². The van der Waals surface area contributed by atoms with E-state index in [2.05, 4.69) is 16.0 Å². The highest BCUT2D eigenvalue weighted by atomic mass is 19.4. The Morgan fingerprint density at radius 1 is 0.914 bits per heavy atom. The maximum atomic E-state index is 12.9. The number of hydrogen-bond donors (Lipinski definition) is 3. The standard InChI is InChI=1S/C26H22F3N3O3/c27-26(28,29)19-7-4-9-21(15-19)31-24(34)17-6-3-8-20(14-17)30-23(33)12-11-18-13-16-5-1-2-10-22(16)32-25(18)35/h1-10,14-15,18H,11-13H2,(H,30,33)(H,31,34)(H,32,35)/t18-/m0/s1. The van der Waals surface area contributed by atoms with Crippen LogP contribution in [0.4, 0.5) is 30.2 Å². The molecule has 180 valence electrons. The minimum absolute atomic E-state index is 0.00611. The molecule has 3 aromatic rings. The summed E-state index contributed by atoms with van der Waals surface area (Å²) in [6, 6.07) is 17.9. The van der Waals surface area contributed by atoms with E-state index in [0.29, 0.717) is 18.5 Å². The Morgan fingerprint density at radius 2 is 1.63 bits per heavy atom. The van der Waals surface area contributed by atoms with Crippen molar-refractivity contribution in [3.05, 3.63) is 89.5 Å². The number of halogens is 3. The molecule has 1 heterocycles. The summed E-state index contributed by atoms with van der Waals surface area (Å²) in [6.07, 6.45) is -3.49. The topological polar surface area (TPSA) is 87.3 Å². The summed E-state index contributed by atoms with van der Waals surface area (Å²) < 4.78 is 38.7. The molecule has 6 nitrogen and oxygen atoms in total. The second-order valence-electron chi connectivity index (χ2n) is 8.25. The molecule has 0 aliphatic carbocycles. The summed E-state index contributed by atoms with van der Waals surface area (Å²) in [5.41, 5.74) is 1.49. The summed E-state index contributed by atoms with van der Waals surface area (Å²) >= 11 is 0. The maximum Gasteiger partial charge on any atom is 0.416 e. The van der Waals surface area contributed by atoms with Crippen LogP contribution in [-0.2, 0) is 22.2 Å². The van der Waals surface area contributed by atoms with Crippen LogP contribution in [0.15, 0.2) is 72.8 Å². The monoisotopic (exact) mass is 481 g/mol. The van der Waals surface area contributed by atoms with Gasteiger partial charge in [0.1, 0.15) is 0 Å². The first kappa shape index (κ1) is 24.0. The average Bonchev–Trinajstić information content (AvgIpc) is 2.82. The van der Waals surface area contributed by atoms with Crippen molar-refractivity contribution in [1.82, 2.24) is 0 Å². The lowest BCUT2D eigenvalue weighted by molar-refractivity contribution is -0.137. The number of carbonyl (C=O) groups is 3. The van der Waals surface area contributed by atoms with E-state index in [1.807, 2.05) is 24.3 Å². The van der Waals surface area contributed by atoms with Gasteiger partial charge in [-0.3, -0.25) is 14.4 Å². The van der Waals surface area contributed by atoms with Gasteiger partial charge in [-0.15, -0.1) is 0 Å². The highest BCUT2D eigenvalue weighted by Crippen LogP contribution is 2.31. The average molecular weight is 481 g/mol. The molecule has 0 unspecified atom stereocenters. The summed E-state index contributed by atoms with van der Waals surface area (Å²) in [5, 5.41) is 8.00. The van der Waals surface area contributed by atoms with Gasteiger partial charge in [-0.2, -0.15) is 13.2 Å². The first-order chi connectivity index (χ1) is 16.7. The van der Waals surface area contributed by atoms with E-state index in [0.717, 1.165) is 23.4 Å². The van der Waals surface area contributed by atoms with Crippen LogP contribution >= 0.6 is 0 Å². The molecule has 3 N–H and O–H groups in total. The van der Waals surface area contributed by atoms with Crippen LogP contribution < -0.4 is 16.0 Å². The van der Waals surface area contributed by atoms with Gasteiger partial charge < -0.3 is 16.0 Å². The molecule has 0 fully saturated rings. The van der Waals surface area contributed by atoms with Crippen LogP contribution in [0, 0.1) is 5.92 Å². The fourth-order valence-electron chi connectivity index (χ4n) is 3.89. The molecule has 3 aromatic carbocycles. The number of amides is 3. The van der Waals surface area contributed by atoms with Crippen molar-refractivity contribution in [2.45, 2.75) is 25.4 Å². The first-order valence-electron chi connectivity index (χ1n) is 11.0. The van der Waals surface area contributed by atoms with Gasteiger partial charge in [-0.05, 0) is 60.9 Å². The van der Waals surface area contributed by atoms with Gasteiger partial charge >= 0.3 is 6.18 Å². The number of benzene rings is 3. The maximum absolute atomic E-state index is 12.9. The predicted molar refractivity (Wildman–Crippen MR) is 126 cm³/mol. The minimum Gasteiger partial charge on any atom is -0.326 e. The van der Waals surface area contributed by atoms with Crippen molar-refractivity contribution in [2.75, 3.05) is 16.0 Å². The van der Waals surface area contributed by atoms with Crippen LogP contribution in [0.3, 0.4) is 0 Å². The molecule has 0 spiro atoms. The molecule has 0 saturated heterocycles. The van der Waals surface area contributed by atoms with Crippen molar-refractivity contribution in [1.29, 1.82) is 0 Å². The van der Waals surface area contributed by atoms with E-state index in [1.54, 1.807) is 12.1 Å². The zero-order chi connectivity index (χ0) is 25.0. The van der Waals surface area contributed by atoms with Gasteiger partial charge in [0.2, 0.25) is 11.8 Å². The number of fused-ring (bicyclic) bond motifs is 1. The molecule has 3 amide bonds. The first-order valence-corrected chi connectivity index (χ1v) is 11.0.